The number of amides is 2. The molecule has 0 bridgehead atoms. The minimum absolute atomic E-state index is 0.0267. The molecule has 2 aromatic rings. The number of hydrogen-bond acceptors (Lipinski definition) is 4. The molecule has 0 aromatic heterocycles. The highest BCUT2D eigenvalue weighted by atomic mass is 19.4. The summed E-state index contributed by atoms with van der Waals surface area (Å²) in [6, 6.07) is 5.81. The molecule has 4 rings (SSSR count). The van der Waals surface area contributed by atoms with E-state index in [1.807, 2.05) is 0 Å². The summed E-state index contributed by atoms with van der Waals surface area (Å²) in [6.07, 6.45) is -8.32. The maximum Gasteiger partial charge on any atom is 0.416 e. The van der Waals surface area contributed by atoms with Crippen LogP contribution < -0.4 is 5.32 Å². The fraction of sp³-hybridized carbons (Fsp3) is 0.548. The zero-order valence-electron chi connectivity index (χ0n) is 24.7. The first-order valence-electron chi connectivity index (χ1n) is 14.5. The highest BCUT2D eigenvalue weighted by Crippen LogP contribution is 2.39. The van der Waals surface area contributed by atoms with Gasteiger partial charge in [-0.25, -0.2) is 9.18 Å². The fourth-order valence-corrected chi connectivity index (χ4v) is 6.31. The highest BCUT2D eigenvalue weighted by molar-refractivity contribution is 5.80. The van der Waals surface area contributed by atoms with E-state index in [0.717, 1.165) is 18.4 Å². The molecule has 44 heavy (non-hydrogen) atoms. The van der Waals surface area contributed by atoms with Gasteiger partial charge >= 0.3 is 18.4 Å². The monoisotopic (exact) mass is 631 g/mol. The molecule has 2 aliphatic heterocycles. The molecule has 2 amide bonds. The van der Waals surface area contributed by atoms with Gasteiger partial charge in [0.15, 0.2) is 0 Å². The Morgan fingerprint density at radius 2 is 1.64 bits per heavy atom. The van der Waals surface area contributed by atoms with Gasteiger partial charge in [0.2, 0.25) is 5.91 Å². The summed E-state index contributed by atoms with van der Waals surface area (Å²) in [7, 11) is 1.33. The number of rotatable bonds is 6. The molecule has 6 nitrogen and oxygen atoms in total. The third kappa shape index (κ3) is 7.83. The lowest BCUT2D eigenvalue weighted by Crippen LogP contribution is -2.54. The maximum absolute atomic E-state index is 14.0. The van der Waals surface area contributed by atoms with Crippen molar-refractivity contribution in [1.82, 2.24) is 15.1 Å². The van der Waals surface area contributed by atoms with Crippen LogP contribution >= 0.6 is 0 Å². The molecule has 2 aromatic carbocycles. The van der Waals surface area contributed by atoms with Crippen molar-refractivity contribution in [2.45, 2.75) is 63.3 Å². The summed E-state index contributed by atoms with van der Waals surface area (Å²) in [6.45, 7) is 5.05. The third-order valence-electron chi connectivity index (χ3n) is 8.72. The van der Waals surface area contributed by atoms with Crippen molar-refractivity contribution >= 4 is 12.0 Å². The van der Waals surface area contributed by atoms with Crippen molar-refractivity contribution in [3.8, 4) is 0 Å². The van der Waals surface area contributed by atoms with E-state index in [0.29, 0.717) is 50.3 Å². The molecule has 0 saturated carbocycles. The van der Waals surface area contributed by atoms with E-state index in [2.05, 4.69) is 10.2 Å². The van der Waals surface area contributed by atoms with E-state index >= 15 is 0 Å². The van der Waals surface area contributed by atoms with Gasteiger partial charge in [-0.15, -0.1) is 0 Å². The Hall–Kier alpha value is -3.35. The molecule has 13 heteroatoms. The van der Waals surface area contributed by atoms with Crippen molar-refractivity contribution in [3.05, 3.63) is 70.0 Å². The molecule has 0 spiro atoms. The van der Waals surface area contributed by atoms with Crippen LogP contribution in [-0.2, 0) is 21.9 Å². The summed E-state index contributed by atoms with van der Waals surface area (Å²) in [5.41, 5.74) is -1.58. The van der Waals surface area contributed by atoms with Gasteiger partial charge in [-0.1, -0.05) is 13.0 Å². The zero-order valence-corrected chi connectivity index (χ0v) is 24.7. The number of carbonyl (C=O) groups excluding carboxylic acids is 2. The number of hydrogen-bond donors (Lipinski definition) is 1. The Labute approximate surface area is 251 Å². The smallest absolute Gasteiger partial charge is 0.416 e. The molecular formula is C31H36F7N3O3. The first-order chi connectivity index (χ1) is 20.6. The van der Waals surface area contributed by atoms with E-state index in [9.17, 15) is 40.3 Å². The Morgan fingerprint density at radius 1 is 0.977 bits per heavy atom. The molecule has 1 N–H and O–H groups in total. The SMILES string of the molecule is COC(=O)N1CCCC(N2CC[C@H](C(=O)NC[C@H](C)c3cc(C(F)(F)F)cc(C(F)(F)F)c3)[C@@H](c3ccc(F)cc3C)C2)C1. The predicted molar refractivity (Wildman–Crippen MR) is 148 cm³/mol. The average Bonchev–Trinajstić information content (AvgIpc) is 2.98. The van der Waals surface area contributed by atoms with Gasteiger partial charge < -0.3 is 15.0 Å². The van der Waals surface area contributed by atoms with Crippen LogP contribution in [0.15, 0.2) is 36.4 Å². The van der Waals surface area contributed by atoms with E-state index < -0.39 is 47.2 Å². The van der Waals surface area contributed by atoms with Gasteiger partial charge in [0.1, 0.15) is 5.82 Å². The highest BCUT2D eigenvalue weighted by Gasteiger charge is 2.40. The van der Waals surface area contributed by atoms with Crippen LogP contribution in [0.25, 0.3) is 0 Å². The second kappa shape index (κ2) is 13.3. The number of methoxy groups -OCH3 is 1. The van der Waals surface area contributed by atoms with Gasteiger partial charge in [0, 0.05) is 44.1 Å². The number of benzene rings is 2. The maximum atomic E-state index is 14.0. The molecule has 1 unspecified atom stereocenters. The van der Waals surface area contributed by atoms with Gasteiger partial charge in [-0.05, 0) is 85.7 Å². The number of piperidine rings is 2. The van der Waals surface area contributed by atoms with Gasteiger partial charge in [0.05, 0.1) is 18.2 Å². The number of carbonyl (C=O) groups is 2. The first-order valence-corrected chi connectivity index (χ1v) is 14.5. The van der Waals surface area contributed by atoms with E-state index in [1.54, 1.807) is 17.9 Å². The number of aryl methyl sites for hydroxylation is 1. The molecule has 4 atom stereocenters. The lowest BCUT2D eigenvalue weighted by atomic mass is 9.77. The minimum atomic E-state index is -4.97. The average molecular weight is 632 g/mol. The van der Waals surface area contributed by atoms with Crippen LogP contribution in [0.4, 0.5) is 35.5 Å². The molecule has 2 heterocycles. The Kier molecular flexibility index (Phi) is 10.2. The Balaban J connectivity index is 1.53. The van der Waals surface area contributed by atoms with E-state index in [-0.39, 0.29) is 36.0 Å². The Bertz CT molecular complexity index is 1320. The van der Waals surface area contributed by atoms with Gasteiger partial charge in [0.25, 0.3) is 0 Å². The summed E-state index contributed by atoms with van der Waals surface area (Å²) in [4.78, 5) is 29.6. The number of nitrogens with zero attached hydrogens (tertiary/aromatic N) is 2. The van der Waals surface area contributed by atoms with Crippen LogP contribution in [0, 0.1) is 18.7 Å². The summed E-state index contributed by atoms with van der Waals surface area (Å²) >= 11 is 0. The Morgan fingerprint density at radius 3 is 2.23 bits per heavy atom. The fourth-order valence-electron chi connectivity index (χ4n) is 6.31. The van der Waals surface area contributed by atoms with Crippen molar-refractivity contribution < 1.29 is 45.1 Å². The third-order valence-corrected chi connectivity index (χ3v) is 8.72. The first kappa shape index (κ1) is 33.5. The number of likely N-dealkylation sites (tertiary alicyclic amines) is 2. The molecule has 242 valence electrons. The molecule has 2 fully saturated rings. The van der Waals surface area contributed by atoms with Crippen LogP contribution in [0.1, 0.15) is 65.8 Å². The minimum Gasteiger partial charge on any atom is -0.453 e. The van der Waals surface area contributed by atoms with Crippen molar-refractivity contribution in [3.63, 3.8) is 0 Å². The number of ether oxygens (including phenoxy) is 1. The lowest BCUT2D eigenvalue weighted by Gasteiger charge is -2.45. The van der Waals surface area contributed by atoms with Crippen LogP contribution in [0.5, 0.6) is 0 Å². The number of nitrogens with one attached hydrogen (secondary N) is 1. The molecule has 2 aliphatic rings. The normalized spacial score (nSPS) is 22.4. The van der Waals surface area contributed by atoms with Crippen LogP contribution in [-0.4, -0.2) is 67.7 Å². The number of halogens is 7. The molecule has 2 saturated heterocycles. The number of alkyl halides is 6. The molecule has 0 radical (unpaired) electrons. The van der Waals surface area contributed by atoms with E-state index in [4.69, 9.17) is 4.74 Å². The van der Waals surface area contributed by atoms with Gasteiger partial charge in [-0.3, -0.25) is 9.69 Å². The molecular weight excluding hydrogens is 595 g/mol. The standard InChI is InChI=1S/C31H36F7N3O3/c1-18-11-23(32)6-7-25(18)27-17-40(24-5-4-9-41(16-24)29(43)44-3)10-8-26(27)28(42)39-15-19(2)20-12-21(30(33,34)35)14-22(13-20)31(36,37)38/h6-7,11-14,19,24,26-27H,4-5,8-10,15-17H2,1-3H3,(H,39,42)/t19-,24?,26-,27+/m0/s1. The largest absolute Gasteiger partial charge is 0.453 e. The summed E-state index contributed by atoms with van der Waals surface area (Å²) < 4.78 is 99.1. The molecule has 0 aliphatic carbocycles. The van der Waals surface area contributed by atoms with Crippen molar-refractivity contribution in [2.75, 3.05) is 39.8 Å². The topological polar surface area (TPSA) is 61.9 Å². The summed E-state index contributed by atoms with van der Waals surface area (Å²) in [5, 5.41) is 2.76. The van der Waals surface area contributed by atoms with Crippen molar-refractivity contribution in [2.24, 2.45) is 5.92 Å². The lowest BCUT2D eigenvalue weighted by molar-refractivity contribution is -0.143. The zero-order chi connectivity index (χ0) is 32.4. The van der Waals surface area contributed by atoms with Crippen LogP contribution in [0.3, 0.4) is 0 Å². The predicted octanol–water partition coefficient (Wildman–Crippen LogP) is 6.73. The quantitative estimate of drug-likeness (QED) is 0.360. The second-order valence-electron chi connectivity index (χ2n) is 11.7. The van der Waals surface area contributed by atoms with Crippen molar-refractivity contribution in [1.29, 1.82) is 0 Å². The van der Waals surface area contributed by atoms with Gasteiger partial charge in [-0.2, -0.15) is 26.3 Å². The summed E-state index contributed by atoms with van der Waals surface area (Å²) in [5.74, 6) is -2.59. The van der Waals surface area contributed by atoms with E-state index in [1.165, 1.54) is 26.2 Å². The van der Waals surface area contributed by atoms with Crippen LogP contribution in [0.2, 0.25) is 0 Å². The second-order valence-corrected chi connectivity index (χ2v) is 11.7.